The number of nitrogens with one attached hydrogen (secondary N) is 1. The number of rotatable bonds is 4. The van der Waals surface area contributed by atoms with Crippen molar-refractivity contribution >= 4 is 0 Å². The lowest BCUT2D eigenvalue weighted by Crippen LogP contribution is -2.11. The second-order valence-corrected chi connectivity index (χ2v) is 2.93. The third kappa shape index (κ3) is 2.42. The molecule has 0 unspecified atom stereocenters. The van der Waals surface area contributed by atoms with Crippen molar-refractivity contribution in [2.45, 2.75) is 6.42 Å². The standard InChI is InChI=1S/C10H13F2NO/c1-13-4-3-7-5-10(14-2)9(12)6-8(7)11/h5-6,13H,3-4H2,1-2H3. The molecule has 14 heavy (non-hydrogen) atoms. The highest BCUT2D eigenvalue weighted by atomic mass is 19.1. The molecule has 0 atom stereocenters. The van der Waals surface area contributed by atoms with Crippen molar-refractivity contribution in [1.82, 2.24) is 5.32 Å². The summed E-state index contributed by atoms with van der Waals surface area (Å²) in [6.45, 7) is 0.645. The molecule has 78 valence electrons. The maximum atomic E-state index is 13.2. The van der Waals surface area contributed by atoms with Crippen molar-refractivity contribution in [3.63, 3.8) is 0 Å². The van der Waals surface area contributed by atoms with Gasteiger partial charge in [0, 0.05) is 6.07 Å². The molecule has 1 rings (SSSR count). The molecule has 0 aromatic heterocycles. The SMILES string of the molecule is CNCCc1cc(OC)c(F)cc1F. The summed E-state index contributed by atoms with van der Waals surface area (Å²) in [5, 5.41) is 2.89. The fraction of sp³-hybridized carbons (Fsp3) is 0.400. The zero-order valence-corrected chi connectivity index (χ0v) is 8.23. The quantitative estimate of drug-likeness (QED) is 0.801. The lowest BCUT2D eigenvalue weighted by Gasteiger charge is -2.06. The molecule has 0 saturated heterocycles. The Balaban J connectivity index is 2.92. The second kappa shape index (κ2) is 4.91. The van der Waals surface area contributed by atoms with E-state index in [1.165, 1.54) is 13.2 Å². The van der Waals surface area contributed by atoms with E-state index < -0.39 is 11.6 Å². The molecule has 0 aliphatic carbocycles. The van der Waals surface area contributed by atoms with Crippen molar-refractivity contribution in [1.29, 1.82) is 0 Å². The van der Waals surface area contributed by atoms with Gasteiger partial charge in [0.15, 0.2) is 11.6 Å². The van der Waals surface area contributed by atoms with Crippen LogP contribution in [0.5, 0.6) is 5.75 Å². The van der Waals surface area contributed by atoms with Crippen molar-refractivity contribution in [2.75, 3.05) is 20.7 Å². The number of hydrogen-bond donors (Lipinski definition) is 1. The molecular formula is C10H13F2NO. The Labute approximate surface area is 81.9 Å². The maximum Gasteiger partial charge on any atom is 0.167 e. The number of benzene rings is 1. The van der Waals surface area contributed by atoms with Gasteiger partial charge < -0.3 is 10.1 Å². The number of likely N-dealkylation sites (N-methyl/N-ethyl adjacent to an activating group) is 1. The van der Waals surface area contributed by atoms with E-state index in [-0.39, 0.29) is 5.75 Å². The van der Waals surface area contributed by atoms with Gasteiger partial charge in [0.2, 0.25) is 0 Å². The lowest BCUT2D eigenvalue weighted by atomic mass is 10.1. The van der Waals surface area contributed by atoms with Crippen LogP contribution >= 0.6 is 0 Å². The monoisotopic (exact) mass is 201 g/mol. The predicted molar refractivity (Wildman–Crippen MR) is 50.5 cm³/mol. The first-order valence-electron chi connectivity index (χ1n) is 4.35. The summed E-state index contributed by atoms with van der Waals surface area (Å²) in [4.78, 5) is 0. The van der Waals surface area contributed by atoms with E-state index in [4.69, 9.17) is 4.74 Å². The highest BCUT2D eigenvalue weighted by molar-refractivity contribution is 5.31. The van der Waals surface area contributed by atoms with E-state index in [1.54, 1.807) is 7.05 Å². The topological polar surface area (TPSA) is 21.3 Å². The number of methoxy groups -OCH3 is 1. The maximum absolute atomic E-state index is 13.2. The Morgan fingerprint density at radius 3 is 2.57 bits per heavy atom. The van der Waals surface area contributed by atoms with Gasteiger partial charge in [-0.25, -0.2) is 8.78 Å². The van der Waals surface area contributed by atoms with Crippen LogP contribution < -0.4 is 10.1 Å². The smallest absolute Gasteiger partial charge is 0.167 e. The van der Waals surface area contributed by atoms with E-state index in [0.717, 1.165) is 6.07 Å². The van der Waals surface area contributed by atoms with E-state index in [0.29, 0.717) is 18.5 Å². The second-order valence-electron chi connectivity index (χ2n) is 2.93. The molecule has 0 radical (unpaired) electrons. The minimum atomic E-state index is -0.668. The van der Waals surface area contributed by atoms with Crippen LogP contribution in [-0.2, 0) is 6.42 Å². The minimum absolute atomic E-state index is 0.0810. The van der Waals surface area contributed by atoms with Gasteiger partial charge in [-0.1, -0.05) is 0 Å². The van der Waals surface area contributed by atoms with Crippen LogP contribution in [0.4, 0.5) is 8.78 Å². The van der Waals surface area contributed by atoms with E-state index >= 15 is 0 Å². The Kier molecular flexibility index (Phi) is 3.83. The zero-order chi connectivity index (χ0) is 10.6. The average Bonchev–Trinajstić information content (AvgIpc) is 2.17. The highest BCUT2D eigenvalue weighted by Crippen LogP contribution is 2.21. The van der Waals surface area contributed by atoms with Crippen LogP contribution in [0.15, 0.2) is 12.1 Å². The first-order valence-corrected chi connectivity index (χ1v) is 4.35. The Hall–Kier alpha value is -1.16. The average molecular weight is 201 g/mol. The van der Waals surface area contributed by atoms with Crippen LogP contribution in [0, 0.1) is 11.6 Å². The van der Waals surface area contributed by atoms with Crippen LogP contribution in [0.25, 0.3) is 0 Å². The molecule has 1 aromatic carbocycles. The molecule has 1 aromatic rings. The molecule has 0 heterocycles. The molecule has 0 aliphatic heterocycles. The van der Waals surface area contributed by atoms with Crippen molar-refractivity contribution < 1.29 is 13.5 Å². The predicted octanol–water partition coefficient (Wildman–Crippen LogP) is 1.74. The molecule has 4 heteroatoms. The van der Waals surface area contributed by atoms with E-state index in [9.17, 15) is 8.78 Å². The normalized spacial score (nSPS) is 10.3. The summed E-state index contributed by atoms with van der Waals surface area (Å²) in [5.41, 5.74) is 0.456. The lowest BCUT2D eigenvalue weighted by molar-refractivity contribution is 0.383. The molecule has 0 fully saturated rings. The molecule has 0 spiro atoms. The van der Waals surface area contributed by atoms with Crippen molar-refractivity contribution in [3.05, 3.63) is 29.3 Å². The molecule has 0 aliphatic rings. The van der Waals surface area contributed by atoms with Gasteiger partial charge in [-0.15, -0.1) is 0 Å². The van der Waals surface area contributed by atoms with Gasteiger partial charge >= 0.3 is 0 Å². The summed E-state index contributed by atoms with van der Waals surface area (Å²) in [6, 6.07) is 2.24. The molecule has 0 bridgehead atoms. The van der Waals surface area contributed by atoms with Crippen LogP contribution in [0.3, 0.4) is 0 Å². The molecule has 0 amide bonds. The van der Waals surface area contributed by atoms with Crippen molar-refractivity contribution in [2.24, 2.45) is 0 Å². The third-order valence-corrected chi connectivity index (χ3v) is 1.97. The number of hydrogen-bond acceptors (Lipinski definition) is 2. The minimum Gasteiger partial charge on any atom is -0.494 e. The molecular weight excluding hydrogens is 188 g/mol. The van der Waals surface area contributed by atoms with Gasteiger partial charge in [-0.2, -0.15) is 0 Å². The third-order valence-electron chi connectivity index (χ3n) is 1.97. The fourth-order valence-electron chi connectivity index (χ4n) is 1.18. The summed E-state index contributed by atoms with van der Waals surface area (Å²) in [6.07, 6.45) is 0.513. The Bertz CT molecular complexity index is 315. The highest BCUT2D eigenvalue weighted by Gasteiger charge is 2.09. The number of halogens is 2. The first kappa shape index (κ1) is 10.9. The van der Waals surface area contributed by atoms with Gasteiger partial charge in [-0.05, 0) is 31.6 Å². The van der Waals surface area contributed by atoms with E-state index in [2.05, 4.69) is 5.32 Å². The van der Waals surface area contributed by atoms with Crippen LogP contribution in [-0.4, -0.2) is 20.7 Å². The molecule has 1 N–H and O–H groups in total. The van der Waals surface area contributed by atoms with Crippen LogP contribution in [0.2, 0.25) is 0 Å². The fourth-order valence-corrected chi connectivity index (χ4v) is 1.18. The Morgan fingerprint density at radius 2 is 2.00 bits per heavy atom. The first-order chi connectivity index (χ1) is 6.69. The van der Waals surface area contributed by atoms with Gasteiger partial charge in [-0.3, -0.25) is 0 Å². The summed E-state index contributed by atoms with van der Waals surface area (Å²) in [5.74, 6) is -1.12. The number of ether oxygens (including phenoxy) is 1. The summed E-state index contributed by atoms with van der Waals surface area (Å²) >= 11 is 0. The van der Waals surface area contributed by atoms with Crippen LogP contribution in [0.1, 0.15) is 5.56 Å². The summed E-state index contributed by atoms with van der Waals surface area (Å²) < 4.78 is 30.9. The Morgan fingerprint density at radius 1 is 1.29 bits per heavy atom. The molecule has 0 saturated carbocycles. The zero-order valence-electron chi connectivity index (χ0n) is 8.23. The van der Waals surface area contributed by atoms with Crippen molar-refractivity contribution in [3.8, 4) is 5.75 Å². The van der Waals surface area contributed by atoms with Gasteiger partial charge in [0.05, 0.1) is 7.11 Å². The van der Waals surface area contributed by atoms with Gasteiger partial charge in [0.1, 0.15) is 5.82 Å². The largest absolute Gasteiger partial charge is 0.494 e. The van der Waals surface area contributed by atoms with Gasteiger partial charge in [0.25, 0.3) is 0 Å². The molecule has 2 nitrogen and oxygen atoms in total. The van der Waals surface area contributed by atoms with E-state index in [1.807, 2.05) is 0 Å². The summed E-state index contributed by atoms with van der Waals surface area (Å²) in [7, 11) is 3.14.